The van der Waals surface area contributed by atoms with E-state index in [4.69, 9.17) is 0 Å². The summed E-state index contributed by atoms with van der Waals surface area (Å²) in [4.78, 5) is 10.5. The van der Waals surface area contributed by atoms with Gasteiger partial charge in [-0.25, -0.2) is 4.79 Å². The third-order valence-corrected chi connectivity index (χ3v) is 2.44. The second-order valence-corrected chi connectivity index (χ2v) is 4.12. The van der Waals surface area contributed by atoms with Crippen molar-refractivity contribution in [2.24, 2.45) is 0 Å². The molecular weight excluding hydrogens is 316 g/mol. The SMILES string of the molecule is C=CC(=O)OCC(F)(F)C(F)(F)C(F)(F)C(F)(F)CCC. The number of esters is 1. The predicted octanol–water partition coefficient (Wildman–Crippen LogP) is 4.06. The Bertz CT molecular complexity index is 392. The van der Waals surface area contributed by atoms with Crippen LogP contribution in [0.25, 0.3) is 0 Å². The number of hydrogen-bond donors (Lipinski definition) is 0. The summed E-state index contributed by atoms with van der Waals surface area (Å²) >= 11 is 0. The van der Waals surface area contributed by atoms with Crippen LogP contribution in [0.4, 0.5) is 35.1 Å². The van der Waals surface area contributed by atoms with Crippen molar-refractivity contribution in [1.82, 2.24) is 0 Å². The van der Waals surface area contributed by atoms with E-state index in [1.165, 1.54) is 0 Å². The van der Waals surface area contributed by atoms with Crippen LogP contribution in [0.5, 0.6) is 0 Å². The van der Waals surface area contributed by atoms with Crippen LogP contribution < -0.4 is 0 Å². The second-order valence-electron chi connectivity index (χ2n) is 4.12. The van der Waals surface area contributed by atoms with Crippen molar-refractivity contribution < 1.29 is 44.7 Å². The van der Waals surface area contributed by atoms with E-state index in [2.05, 4.69) is 11.3 Å². The van der Waals surface area contributed by atoms with Crippen molar-refractivity contribution in [3.63, 3.8) is 0 Å². The minimum atomic E-state index is -6.42. The van der Waals surface area contributed by atoms with E-state index in [-0.39, 0.29) is 0 Å². The normalized spacial score (nSPS) is 14.0. The van der Waals surface area contributed by atoms with E-state index in [9.17, 15) is 39.9 Å². The maximum atomic E-state index is 13.2. The number of carbonyl (C=O) groups excluding carboxylic acids is 1. The van der Waals surface area contributed by atoms with Crippen LogP contribution in [0, 0.1) is 0 Å². The molecule has 0 saturated heterocycles. The van der Waals surface area contributed by atoms with Crippen LogP contribution in [0.3, 0.4) is 0 Å². The molecule has 0 aliphatic heterocycles. The Morgan fingerprint density at radius 3 is 1.81 bits per heavy atom. The van der Waals surface area contributed by atoms with Crippen LogP contribution in [0.15, 0.2) is 12.7 Å². The van der Waals surface area contributed by atoms with Crippen LogP contribution in [0.2, 0.25) is 0 Å². The highest BCUT2D eigenvalue weighted by molar-refractivity contribution is 5.81. The fourth-order valence-corrected chi connectivity index (χ4v) is 1.24. The van der Waals surface area contributed by atoms with E-state index in [0.29, 0.717) is 6.08 Å². The summed E-state index contributed by atoms with van der Waals surface area (Å²) in [5, 5.41) is 0. The first-order valence-electron chi connectivity index (χ1n) is 5.57. The molecule has 0 saturated carbocycles. The molecule has 0 aromatic carbocycles. The Hall–Kier alpha value is -1.35. The lowest BCUT2D eigenvalue weighted by Crippen LogP contribution is -2.63. The summed E-state index contributed by atoms with van der Waals surface area (Å²) in [6.45, 7) is 1.27. The zero-order valence-electron chi connectivity index (χ0n) is 10.7. The van der Waals surface area contributed by atoms with Gasteiger partial charge < -0.3 is 4.74 Å². The van der Waals surface area contributed by atoms with Gasteiger partial charge in [-0.1, -0.05) is 19.9 Å². The Labute approximate surface area is 114 Å². The van der Waals surface area contributed by atoms with E-state index < -0.39 is 49.1 Å². The molecule has 0 atom stereocenters. The maximum absolute atomic E-state index is 13.2. The minimum Gasteiger partial charge on any atom is -0.456 e. The molecule has 0 radical (unpaired) electrons. The molecule has 0 N–H and O–H groups in total. The summed E-state index contributed by atoms with van der Waals surface area (Å²) in [7, 11) is 0. The molecule has 21 heavy (non-hydrogen) atoms. The van der Waals surface area contributed by atoms with Crippen molar-refractivity contribution in [2.45, 2.75) is 43.5 Å². The molecule has 0 aliphatic rings. The molecule has 0 amide bonds. The van der Waals surface area contributed by atoms with Gasteiger partial charge in [0.2, 0.25) is 0 Å². The summed E-state index contributed by atoms with van der Waals surface area (Å²) in [6, 6.07) is 0. The Kier molecular flexibility index (Phi) is 5.79. The fraction of sp³-hybridized carbons (Fsp3) is 0.727. The number of halogens is 8. The number of alkyl halides is 8. The average Bonchev–Trinajstić information content (AvgIpc) is 2.35. The third kappa shape index (κ3) is 3.65. The van der Waals surface area contributed by atoms with Gasteiger partial charge in [-0.2, -0.15) is 35.1 Å². The Morgan fingerprint density at radius 2 is 1.43 bits per heavy atom. The lowest BCUT2D eigenvalue weighted by molar-refractivity contribution is -0.371. The van der Waals surface area contributed by atoms with Gasteiger partial charge in [-0.15, -0.1) is 0 Å². The first kappa shape index (κ1) is 19.7. The maximum Gasteiger partial charge on any atom is 0.381 e. The number of rotatable bonds is 8. The van der Waals surface area contributed by atoms with E-state index in [1.54, 1.807) is 0 Å². The van der Waals surface area contributed by atoms with Crippen LogP contribution in [-0.4, -0.2) is 36.3 Å². The smallest absolute Gasteiger partial charge is 0.381 e. The summed E-state index contributed by atoms with van der Waals surface area (Å²) in [6.07, 6.45) is -2.02. The molecule has 0 aromatic rings. The highest BCUT2D eigenvalue weighted by atomic mass is 19.4. The third-order valence-electron chi connectivity index (χ3n) is 2.44. The molecule has 124 valence electrons. The van der Waals surface area contributed by atoms with Gasteiger partial charge in [0, 0.05) is 12.5 Å². The quantitative estimate of drug-likeness (QED) is 0.382. The van der Waals surface area contributed by atoms with Gasteiger partial charge in [0.15, 0.2) is 6.61 Å². The lowest BCUT2D eigenvalue weighted by Gasteiger charge is -2.36. The average molecular weight is 328 g/mol. The number of ether oxygens (including phenoxy) is 1. The summed E-state index contributed by atoms with van der Waals surface area (Å²) in [5.74, 6) is -25.4. The van der Waals surface area contributed by atoms with Crippen molar-refractivity contribution in [3.05, 3.63) is 12.7 Å². The zero-order valence-corrected chi connectivity index (χ0v) is 10.7. The molecular formula is C11H12F8O2. The lowest BCUT2D eigenvalue weighted by atomic mass is 9.96. The molecule has 0 spiro atoms. The van der Waals surface area contributed by atoms with Crippen LogP contribution >= 0.6 is 0 Å². The molecule has 0 rings (SSSR count). The van der Waals surface area contributed by atoms with Crippen molar-refractivity contribution in [2.75, 3.05) is 6.61 Å². The highest BCUT2D eigenvalue weighted by Crippen LogP contribution is 2.53. The van der Waals surface area contributed by atoms with Crippen molar-refractivity contribution in [1.29, 1.82) is 0 Å². The first-order valence-corrected chi connectivity index (χ1v) is 5.57. The fourth-order valence-electron chi connectivity index (χ4n) is 1.24. The van der Waals surface area contributed by atoms with Crippen molar-refractivity contribution >= 4 is 5.97 Å². The molecule has 0 fully saturated rings. The van der Waals surface area contributed by atoms with Gasteiger partial charge in [-0.05, 0) is 0 Å². The first-order chi connectivity index (χ1) is 9.27. The standard InChI is InChI=1S/C11H12F8O2/c1-3-5-8(12,13)10(16,17)11(18,19)9(14,15)6-21-7(20)4-2/h4H,2-3,5-6H2,1H3. The van der Waals surface area contributed by atoms with E-state index in [0.717, 1.165) is 6.92 Å². The largest absolute Gasteiger partial charge is 0.456 e. The molecule has 0 unspecified atom stereocenters. The monoisotopic (exact) mass is 328 g/mol. The molecule has 2 nitrogen and oxygen atoms in total. The second kappa shape index (κ2) is 6.18. The molecule has 0 heterocycles. The van der Waals surface area contributed by atoms with Crippen LogP contribution in [-0.2, 0) is 9.53 Å². The van der Waals surface area contributed by atoms with Crippen molar-refractivity contribution in [3.8, 4) is 0 Å². The van der Waals surface area contributed by atoms with Gasteiger partial charge in [0.25, 0.3) is 0 Å². The number of hydrogen-bond acceptors (Lipinski definition) is 2. The highest BCUT2D eigenvalue weighted by Gasteiger charge is 2.80. The van der Waals surface area contributed by atoms with Gasteiger partial charge in [0.05, 0.1) is 0 Å². The van der Waals surface area contributed by atoms with Crippen LogP contribution in [0.1, 0.15) is 19.8 Å². The number of carbonyl (C=O) groups is 1. The zero-order chi connectivity index (χ0) is 17.1. The molecule has 10 heteroatoms. The summed E-state index contributed by atoms with van der Waals surface area (Å²) < 4.78 is 108. The summed E-state index contributed by atoms with van der Waals surface area (Å²) in [5.41, 5.74) is 0. The predicted molar refractivity (Wildman–Crippen MR) is 55.9 cm³/mol. The van der Waals surface area contributed by atoms with Gasteiger partial charge >= 0.3 is 29.7 Å². The minimum absolute atomic E-state index is 0.318. The Balaban J connectivity index is 5.40. The van der Waals surface area contributed by atoms with E-state index >= 15 is 0 Å². The van der Waals surface area contributed by atoms with Gasteiger partial charge in [-0.3, -0.25) is 0 Å². The van der Waals surface area contributed by atoms with E-state index in [1.807, 2.05) is 0 Å². The molecule has 0 bridgehead atoms. The molecule has 0 aliphatic carbocycles. The molecule has 0 aromatic heterocycles. The Morgan fingerprint density at radius 1 is 1.00 bits per heavy atom. The van der Waals surface area contributed by atoms with Gasteiger partial charge in [0.1, 0.15) is 0 Å². The topological polar surface area (TPSA) is 26.3 Å².